The van der Waals surface area contributed by atoms with Crippen LogP contribution in [0.25, 0.3) is 10.9 Å². The topological polar surface area (TPSA) is 146 Å². The lowest BCUT2D eigenvalue weighted by Gasteiger charge is -2.18. The number of sulfonamides is 1. The second kappa shape index (κ2) is 11.3. The lowest BCUT2D eigenvalue weighted by molar-refractivity contribution is -0.118. The number of benzene rings is 2. The van der Waals surface area contributed by atoms with E-state index in [0.29, 0.717) is 22.1 Å². The molecule has 2 amide bonds. The maximum atomic E-state index is 13.4. The van der Waals surface area contributed by atoms with Crippen molar-refractivity contribution in [2.24, 2.45) is 0 Å². The molecule has 1 atom stereocenters. The molecule has 0 radical (unpaired) electrons. The summed E-state index contributed by atoms with van der Waals surface area (Å²) in [7, 11) is -3.92. The van der Waals surface area contributed by atoms with Crippen molar-refractivity contribution in [3.8, 4) is 0 Å². The molecule has 12 heteroatoms. The van der Waals surface area contributed by atoms with Gasteiger partial charge in [0.05, 0.1) is 9.77 Å². The van der Waals surface area contributed by atoms with Gasteiger partial charge in [-0.25, -0.2) is 18.4 Å². The summed E-state index contributed by atoms with van der Waals surface area (Å²) < 4.78 is 28.2. The van der Waals surface area contributed by atoms with Gasteiger partial charge in [0.15, 0.2) is 0 Å². The molecule has 3 heterocycles. The third-order valence-corrected chi connectivity index (χ3v) is 8.34. The van der Waals surface area contributed by atoms with E-state index in [1.54, 1.807) is 31.4 Å². The fourth-order valence-corrected chi connectivity index (χ4v) is 5.90. The van der Waals surface area contributed by atoms with E-state index in [0.717, 1.165) is 16.5 Å². The van der Waals surface area contributed by atoms with Crippen LogP contribution >= 0.6 is 11.3 Å². The number of rotatable bonds is 9. The Balaban J connectivity index is 1.33. The van der Waals surface area contributed by atoms with E-state index in [1.165, 1.54) is 41.7 Å². The molecule has 10 nitrogen and oxygen atoms in total. The number of aromatic nitrogens is 3. The molecule has 0 fully saturated rings. The Morgan fingerprint density at radius 3 is 2.50 bits per heavy atom. The molecule has 40 heavy (non-hydrogen) atoms. The first-order chi connectivity index (χ1) is 19.2. The highest BCUT2D eigenvalue weighted by molar-refractivity contribution is 7.92. The van der Waals surface area contributed by atoms with Crippen LogP contribution in [0.15, 0.2) is 83.2 Å². The second-order valence-corrected chi connectivity index (χ2v) is 11.8. The molecule has 2 aromatic carbocycles. The molecule has 0 aliphatic heterocycles. The van der Waals surface area contributed by atoms with Gasteiger partial charge >= 0.3 is 0 Å². The standard InChI is InChI=1S/C28H26N6O4S2/c1-17-14-26(31-18(2)30-17)34-40(37,38)21-11-9-20(10-12-21)32-27(35)24(33-28(36)25-8-5-13-39-25)15-19-16-29-23-7-4-3-6-22(19)23/h3-14,16,24,29H,15H2,1-2H3,(H,32,35)(H,33,36)(H,30,31,34). The Bertz CT molecular complexity index is 1760. The molecular formula is C28H26N6O4S2. The number of thiophene rings is 1. The molecule has 5 rings (SSSR count). The number of aromatic amines is 1. The maximum Gasteiger partial charge on any atom is 0.263 e. The molecular weight excluding hydrogens is 548 g/mol. The zero-order valence-electron chi connectivity index (χ0n) is 21.6. The largest absolute Gasteiger partial charge is 0.361 e. The minimum absolute atomic E-state index is 0.000702. The first-order valence-electron chi connectivity index (χ1n) is 12.3. The molecule has 204 valence electrons. The first kappa shape index (κ1) is 27.0. The van der Waals surface area contributed by atoms with E-state index >= 15 is 0 Å². The van der Waals surface area contributed by atoms with Crippen LogP contribution in [0.5, 0.6) is 0 Å². The smallest absolute Gasteiger partial charge is 0.263 e. The van der Waals surface area contributed by atoms with Crippen molar-refractivity contribution >= 4 is 55.6 Å². The number of para-hydroxylation sites is 1. The van der Waals surface area contributed by atoms with E-state index < -0.39 is 22.0 Å². The summed E-state index contributed by atoms with van der Waals surface area (Å²) in [5.74, 6) is -0.165. The zero-order chi connectivity index (χ0) is 28.3. The molecule has 4 N–H and O–H groups in total. The Labute approximate surface area is 234 Å². The van der Waals surface area contributed by atoms with E-state index in [9.17, 15) is 18.0 Å². The third-order valence-electron chi connectivity index (χ3n) is 6.10. The molecule has 0 saturated carbocycles. The number of hydrogen-bond acceptors (Lipinski definition) is 7. The van der Waals surface area contributed by atoms with Gasteiger partial charge in [-0.05, 0) is 61.2 Å². The minimum atomic E-state index is -3.92. The number of fused-ring (bicyclic) bond motifs is 1. The summed E-state index contributed by atoms with van der Waals surface area (Å²) in [5, 5.41) is 8.40. The quantitative estimate of drug-likeness (QED) is 0.205. The van der Waals surface area contributed by atoms with Gasteiger partial charge < -0.3 is 15.6 Å². The number of carbonyl (C=O) groups is 2. The number of amides is 2. The first-order valence-corrected chi connectivity index (χ1v) is 14.7. The fraction of sp³-hybridized carbons (Fsp3) is 0.143. The molecule has 0 spiro atoms. The Morgan fingerprint density at radius 2 is 1.77 bits per heavy atom. The zero-order valence-corrected chi connectivity index (χ0v) is 23.3. The number of H-pyrrole nitrogens is 1. The monoisotopic (exact) mass is 574 g/mol. The fourth-order valence-electron chi connectivity index (χ4n) is 4.28. The van der Waals surface area contributed by atoms with E-state index in [1.807, 2.05) is 30.5 Å². The summed E-state index contributed by atoms with van der Waals surface area (Å²) >= 11 is 1.28. The van der Waals surface area contributed by atoms with Crippen LogP contribution in [-0.2, 0) is 21.2 Å². The second-order valence-electron chi connectivity index (χ2n) is 9.13. The van der Waals surface area contributed by atoms with Crippen LogP contribution in [0, 0.1) is 13.8 Å². The number of nitrogens with zero attached hydrogens (tertiary/aromatic N) is 2. The summed E-state index contributed by atoms with van der Waals surface area (Å²) in [4.78, 5) is 38.2. The number of aryl methyl sites for hydroxylation is 2. The van der Waals surface area contributed by atoms with E-state index in [2.05, 4.69) is 30.3 Å². The van der Waals surface area contributed by atoms with Gasteiger partial charge in [-0.15, -0.1) is 11.3 Å². The van der Waals surface area contributed by atoms with Gasteiger partial charge in [0.25, 0.3) is 15.9 Å². The third kappa shape index (κ3) is 6.19. The number of hydrogen-bond donors (Lipinski definition) is 4. The Morgan fingerprint density at radius 1 is 1.00 bits per heavy atom. The predicted octanol–water partition coefficient (Wildman–Crippen LogP) is 4.42. The van der Waals surface area contributed by atoms with Gasteiger partial charge in [0, 0.05) is 41.0 Å². The average molecular weight is 575 g/mol. The molecule has 0 aliphatic rings. The van der Waals surface area contributed by atoms with Crippen LogP contribution in [0.4, 0.5) is 11.5 Å². The highest BCUT2D eigenvalue weighted by Crippen LogP contribution is 2.21. The molecule has 5 aromatic rings. The minimum Gasteiger partial charge on any atom is -0.361 e. The predicted molar refractivity (Wildman–Crippen MR) is 155 cm³/mol. The summed E-state index contributed by atoms with van der Waals surface area (Å²) in [5.41, 5.74) is 2.83. The van der Waals surface area contributed by atoms with Crippen LogP contribution in [-0.4, -0.2) is 41.2 Å². The van der Waals surface area contributed by atoms with Crippen molar-refractivity contribution in [2.45, 2.75) is 31.2 Å². The van der Waals surface area contributed by atoms with Crippen LogP contribution in [0.3, 0.4) is 0 Å². The van der Waals surface area contributed by atoms with Crippen molar-refractivity contribution in [3.05, 3.63) is 100 Å². The number of anilines is 2. The molecule has 0 saturated heterocycles. The lowest BCUT2D eigenvalue weighted by Crippen LogP contribution is -2.45. The van der Waals surface area contributed by atoms with Gasteiger partial charge in [0.2, 0.25) is 5.91 Å². The Hall–Kier alpha value is -4.55. The van der Waals surface area contributed by atoms with Crippen molar-refractivity contribution in [1.82, 2.24) is 20.3 Å². The van der Waals surface area contributed by atoms with E-state index in [-0.39, 0.29) is 23.0 Å². The van der Waals surface area contributed by atoms with Gasteiger partial charge in [0.1, 0.15) is 17.7 Å². The molecule has 0 bridgehead atoms. The highest BCUT2D eigenvalue weighted by Gasteiger charge is 2.24. The lowest BCUT2D eigenvalue weighted by atomic mass is 10.0. The summed E-state index contributed by atoms with van der Waals surface area (Å²) in [6.07, 6.45) is 2.08. The van der Waals surface area contributed by atoms with Crippen molar-refractivity contribution in [2.75, 3.05) is 10.0 Å². The van der Waals surface area contributed by atoms with E-state index in [4.69, 9.17) is 0 Å². The maximum absolute atomic E-state index is 13.4. The van der Waals surface area contributed by atoms with Crippen LogP contribution < -0.4 is 15.4 Å². The normalized spacial score (nSPS) is 12.2. The van der Waals surface area contributed by atoms with Gasteiger partial charge in [-0.1, -0.05) is 24.3 Å². The summed E-state index contributed by atoms with van der Waals surface area (Å²) in [6, 6.07) is 17.6. The molecule has 1 unspecified atom stereocenters. The van der Waals surface area contributed by atoms with Gasteiger partial charge in [-0.2, -0.15) is 0 Å². The summed E-state index contributed by atoms with van der Waals surface area (Å²) in [6.45, 7) is 3.43. The van der Waals surface area contributed by atoms with Crippen molar-refractivity contribution < 1.29 is 18.0 Å². The molecule has 0 aliphatic carbocycles. The number of nitrogens with one attached hydrogen (secondary N) is 4. The van der Waals surface area contributed by atoms with Crippen LogP contribution in [0.2, 0.25) is 0 Å². The van der Waals surface area contributed by atoms with Crippen LogP contribution in [0.1, 0.15) is 26.8 Å². The molecule has 3 aromatic heterocycles. The highest BCUT2D eigenvalue weighted by atomic mass is 32.2. The average Bonchev–Trinajstić information content (AvgIpc) is 3.59. The van der Waals surface area contributed by atoms with Gasteiger partial charge in [-0.3, -0.25) is 14.3 Å². The SMILES string of the molecule is Cc1cc(NS(=O)(=O)c2ccc(NC(=O)C(Cc3c[nH]c4ccccc34)NC(=O)c3cccs3)cc2)nc(C)n1. The number of carbonyl (C=O) groups excluding carboxylic acids is 2. The van der Waals surface area contributed by atoms with Crippen molar-refractivity contribution in [3.63, 3.8) is 0 Å². The van der Waals surface area contributed by atoms with Crippen molar-refractivity contribution in [1.29, 1.82) is 0 Å². The Kier molecular flexibility index (Phi) is 7.63.